The molecule has 0 radical (unpaired) electrons. The Hall–Kier alpha value is -1.09. The fourth-order valence-corrected chi connectivity index (χ4v) is 2.99. The van der Waals surface area contributed by atoms with Crippen LogP contribution in [0.25, 0.3) is 0 Å². The second-order valence-electron chi connectivity index (χ2n) is 5.24. The van der Waals surface area contributed by atoms with Crippen molar-refractivity contribution in [2.75, 3.05) is 18.5 Å². The molecule has 3 rings (SSSR count). The summed E-state index contributed by atoms with van der Waals surface area (Å²) in [6, 6.07) is 5.97. The van der Waals surface area contributed by atoms with Crippen LogP contribution >= 0.6 is 0 Å². The van der Waals surface area contributed by atoms with Crippen molar-refractivity contribution in [1.29, 1.82) is 0 Å². The average molecular weight is 249 g/mol. The number of hydrogen-bond acceptors (Lipinski definition) is 2. The van der Waals surface area contributed by atoms with Crippen molar-refractivity contribution in [2.24, 2.45) is 0 Å². The Balaban J connectivity index is 1.65. The van der Waals surface area contributed by atoms with Gasteiger partial charge in [0.15, 0.2) is 0 Å². The Morgan fingerprint density at radius 1 is 1.44 bits per heavy atom. The van der Waals surface area contributed by atoms with Crippen LogP contribution in [0.1, 0.15) is 43.0 Å². The first-order valence-electron chi connectivity index (χ1n) is 6.96. The molecule has 1 fully saturated rings. The van der Waals surface area contributed by atoms with Gasteiger partial charge in [0, 0.05) is 24.4 Å². The summed E-state index contributed by atoms with van der Waals surface area (Å²) < 4.78 is 19.9. The van der Waals surface area contributed by atoms with Crippen LogP contribution in [-0.2, 0) is 11.2 Å². The zero-order valence-electron chi connectivity index (χ0n) is 10.6. The molecule has 2 nitrogen and oxygen atoms in total. The minimum atomic E-state index is -0.866. The predicted octanol–water partition coefficient (Wildman–Crippen LogP) is 3.62. The van der Waals surface area contributed by atoms with E-state index in [0.29, 0.717) is 6.42 Å². The lowest BCUT2D eigenvalue weighted by atomic mass is 9.99. The SMILES string of the molecule is FC(CCC1CCCO1)c1cccc2c1NCC2. The topological polar surface area (TPSA) is 21.3 Å². The number of alkyl halides is 1. The van der Waals surface area contributed by atoms with Gasteiger partial charge in [-0.1, -0.05) is 18.2 Å². The van der Waals surface area contributed by atoms with Gasteiger partial charge in [0.2, 0.25) is 0 Å². The first-order chi connectivity index (χ1) is 8.84. The van der Waals surface area contributed by atoms with E-state index in [-0.39, 0.29) is 6.10 Å². The van der Waals surface area contributed by atoms with E-state index in [1.165, 1.54) is 5.56 Å². The van der Waals surface area contributed by atoms with E-state index in [2.05, 4.69) is 11.4 Å². The lowest BCUT2D eigenvalue weighted by Gasteiger charge is -2.15. The van der Waals surface area contributed by atoms with Gasteiger partial charge in [-0.2, -0.15) is 0 Å². The van der Waals surface area contributed by atoms with Gasteiger partial charge in [-0.15, -0.1) is 0 Å². The minimum Gasteiger partial charge on any atom is -0.384 e. The van der Waals surface area contributed by atoms with Crippen molar-refractivity contribution in [3.8, 4) is 0 Å². The molecule has 0 aliphatic carbocycles. The Morgan fingerprint density at radius 2 is 2.39 bits per heavy atom. The zero-order chi connectivity index (χ0) is 12.4. The highest BCUT2D eigenvalue weighted by atomic mass is 19.1. The molecular weight excluding hydrogens is 229 g/mol. The summed E-state index contributed by atoms with van der Waals surface area (Å²) in [5.74, 6) is 0. The number of rotatable bonds is 4. The summed E-state index contributed by atoms with van der Waals surface area (Å²) >= 11 is 0. The number of hydrogen-bond donors (Lipinski definition) is 1. The third-order valence-corrected chi connectivity index (χ3v) is 3.98. The van der Waals surface area contributed by atoms with Gasteiger partial charge in [0.25, 0.3) is 0 Å². The Morgan fingerprint density at radius 3 is 3.22 bits per heavy atom. The number of halogens is 1. The summed E-state index contributed by atoms with van der Waals surface area (Å²) in [7, 11) is 0. The Bertz CT molecular complexity index is 415. The van der Waals surface area contributed by atoms with E-state index in [9.17, 15) is 4.39 Å². The highest BCUT2D eigenvalue weighted by Crippen LogP contribution is 2.35. The molecule has 3 heteroatoms. The Labute approximate surface area is 108 Å². The number of benzene rings is 1. The van der Waals surface area contributed by atoms with E-state index in [0.717, 1.165) is 50.1 Å². The maximum absolute atomic E-state index is 14.3. The molecule has 0 amide bonds. The van der Waals surface area contributed by atoms with Crippen LogP contribution in [-0.4, -0.2) is 19.3 Å². The molecule has 2 aliphatic heterocycles. The number of nitrogens with one attached hydrogen (secondary N) is 1. The molecule has 0 saturated carbocycles. The molecule has 1 N–H and O–H groups in total. The second-order valence-corrected chi connectivity index (χ2v) is 5.24. The van der Waals surface area contributed by atoms with E-state index < -0.39 is 6.17 Å². The van der Waals surface area contributed by atoms with Crippen LogP contribution < -0.4 is 5.32 Å². The van der Waals surface area contributed by atoms with Crippen LogP contribution in [0.5, 0.6) is 0 Å². The molecule has 1 saturated heterocycles. The van der Waals surface area contributed by atoms with Crippen LogP contribution in [0.15, 0.2) is 18.2 Å². The second kappa shape index (κ2) is 5.27. The van der Waals surface area contributed by atoms with Crippen LogP contribution in [0.4, 0.5) is 10.1 Å². The highest BCUT2D eigenvalue weighted by Gasteiger charge is 2.22. The molecule has 0 spiro atoms. The monoisotopic (exact) mass is 249 g/mol. The fourth-order valence-electron chi connectivity index (χ4n) is 2.99. The maximum Gasteiger partial charge on any atom is 0.127 e. The quantitative estimate of drug-likeness (QED) is 0.880. The summed E-state index contributed by atoms with van der Waals surface area (Å²) in [5.41, 5.74) is 3.13. The molecule has 0 bridgehead atoms. The third-order valence-electron chi connectivity index (χ3n) is 3.98. The number of para-hydroxylation sites is 1. The summed E-state index contributed by atoms with van der Waals surface area (Å²) in [5, 5.41) is 3.31. The molecule has 98 valence electrons. The van der Waals surface area contributed by atoms with Gasteiger partial charge in [-0.25, -0.2) is 4.39 Å². The summed E-state index contributed by atoms with van der Waals surface area (Å²) in [4.78, 5) is 0. The molecule has 2 heterocycles. The fraction of sp³-hybridized carbons (Fsp3) is 0.600. The molecule has 1 aromatic rings. The van der Waals surface area contributed by atoms with Gasteiger partial charge >= 0.3 is 0 Å². The van der Waals surface area contributed by atoms with Crippen molar-refractivity contribution in [3.63, 3.8) is 0 Å². The van der Waals surface area contributed by atoms with E-state index in [1.807, 2.05) is 12.1 Å². The normalized spacial score (nSPS) is 23.7. The predicted molar refractivity (Wildman–Crippen MR) is 70.7 cm³/mol. The zero-order valence-corrected chi connectivity index (χ0v) is 10.6. The minimum absolute atomic E-state index is 0.285. The van der Waals surface area contributed by atoms with E-state index in [4.69, 9.17) is 4.74 Å². The van der Waals surface area contributed by atoms with Crippen molar-refractivity contribution in [2.45, 2.75) is 44.4 Å². The molecule has 2 atom stereocenters. The molecular formula is C15H20FNO. The summed E-state index contributed by atoms with van der Waals surface area (Å²) in [6.07, 6.45) is 4.07. The van der Waals surface area contributed by atoms with Crippen LogP contribution in [0.3, 0.4) is 0 Å². The number of anilines is 1. The van der Waals surface area contributed by atoms with Crippen molar-refractivity contribution < 1.29 is 9.13 Å². The van der Waals surface area contributed by atoms with Crippen molar-refractivity contribution >= 4 is 5.69 Å². The maximum atomic E-state index is 14.3. The Kier molecular flexibility index (Phi) is 3.50. The van der Waals surface area contributed by atoms with Gasteiger partial charge in [-0.05, 0) is 37.7 Å². The highest BCUT2D eigenvalue weighted by molar-refractivity contribution is 5.61. The number of ether oxygens (including phenoxy) is 1. The van der Waals surface area contributed by atoms with Crippen molar-refractivity contribution in [1.82, 2.24) is 0 Å². The largest absolute Gasteiger partial charge is 0.384 e. The number of fused-ring (bicyclic) bond motifs is 1. The first-order valence-corrected chi connectivity index (χ1v) is 6.96. The van der Waals surface area contributed by atoms with Crippen molar-refractivity contribution in [3.05, 3.63) is 29.3 Å². The average Bonchev–Trinajstić information content (AvgIpc) is 3.05. The van der Waals surface area contributed by atoms with Gasteiger partial charge < -0.3 is 10.1 Å². The third kappa shape index (κ3) is 2.37. The first kappa shape index (κ1) is 12.0. The summed E-state index contributed by atoms with van der Waals surface area (Å²) in [6.45, 7) is 1.79. The smallest absolute Gasteiger partial charge is 0.127 e. The van der Waals surface area contributed by atoms with Gasteiger partial charge in [0.05, 0.1) is 6.10 Å². The molecule has 0 aromatic heterocycles. The molecule has 2 aliphatic rings. The molecule has 18 heavy (non-hydrogen) atoms. The van der Waals surface area contributed by atoms with Gasteiger partial charge in [-0.3, -0.25) is 0 Å². The molecule has 1 aromatic carbocycles. The van der Waals surface area contributed by atoms with Crippen LogP contribution in [0, 0.1) is 0 Å². The van der Waals surface area contributed by atoms with Crippen LogP contribution in [0.2, 0.25) is 0 Å². The van der Waals surface area contributed by atoms with E-state index >= 15 is 0 Å². The molecule has 2 unspecified atom stereocenters. The van der Waals surface area contributed by atoms with Gasteiger partial charge in [0.1, 0.15) is 6.17 Å². The lowest BCUT2D eigenvalue weighted by molar-refractivity contribution is 0.0950. The standard InChI is InChI=1S/C15H20FNO/c16-14(7-6-12-4-2-10-18-12)13-5-1-3-11-8-9-17-15(11)13/h1,3,5,12,14,17H,2,4,6-10H2. The van der Waals surface area contributed by atoms with E-state index in [1.54, 1.807) is 0 Å². The lowest BCUT2D eigenvalue weighted by Crippen LogP contribution is -2.07.